The molecule has 2 heterocycles. The Morgan fingerprint density at radius 3 is 2.97 bits per heavy atom. The highest BCUT2D eigenvalue weighted by molar-refractivity contribution is 7.99. The lowest BCUT2D eigenvalue weighted by Crippen LogP contribution is -2.33. The number of aliphatic hydroxyl groups is 3. The number of hydrogen-bond acceptors (Lipinski definition) is 10. The van der Waals surface area contributed by atoms with Gasteiger partial charge in [-0.05, 0) is 36.9 Å². The Balaban J connectivity index is 1.71. The lowest BCUT2D eigenvalue weighted by molar-refractivity contribution is -0.0629. The molecule has 10 nitrogen and oxygen atoms in total. The molecule has 2 aliphatic rings. The molecular formula is C24H31FN6O4S. The first-order valence-corrected chi connectivity index (χ1v) is 11.7. The van der Waals surface area contributed by atoms with E-state index in [0.29, 0.717) is 12.2 Å². The van der Waals surface area contributed by atoms with Crippen LogP contribution < -0.4 is 5.32 Å². The summed E-state index contributed by atoms with van der Waals surface area (Å²) in [5, 5.41) is 41.5. The van der Waals surface area contributed by atoms with E-state index < -0.39 is 109 Å². The van der Waals surface area contributed by atoms with Gasteiger partial charge in [0.1, 0.15) is 18.0 Å². The van der Waals surface area contributed by atoms with Gasteiger partial charge in [0.2, 0.25) is 0 Å². The van der Waals surface area contributed by atoms with E-state index in [-0.39, 0.29) is 15.4 Å². The lowest BCUT2D eigenvalue weighted by Gasteiger charge is -2.17. The summed E-state index contributed by atoms with van der Waals surface area (Å²) in [5.74, 6) is -3.86. The molecule has 0 saturated heterocycles. The van der Waals surface area contributed by atoms with Crippen LogP contribution in [0, 0.1) is 12.7 Å². The van der Waals surface area contributed by atoms with Gasteiger partial charge in [-0.25, -0.2) is 19.0 Å². The largest absolute Gasteiger partial charge is 0.394 e. The van der Waals surface area contributed by atoms with Crippen LogP contribution in [0.25, 0.3) is 11.2 Å². The van der Waals surface area contributed by atoms with Gasteiger partial charge in [0.15, 0.2) is 22.1 Å². The zero-order chi connectivity index (χ0) is 38.0. The first-order valence-electron chi connectivity index (χ1n) is 17.7. The van der Waals surface area contributed by atoms with Crippen LogP contribution in [0.2, 0.25) is 0 Å². The molecule has 0 bridgehead atoms. The fraction of sp³-hybridized carbons (Fsp3) is 0.583. The van der Waals surface area contributed by atoms with Crippen molar-refractivity contribution in [3.8, 4) is 0 Å². The highest BCUT2D eigenvalue weighted by Crippen LogP contribution is 2.44. The van der Waals surface area contributed by atoms with Crippen LogP contribution in [-0.4, -0.2) is 83.5 Å². The van der Waals surface area contributed by atoms with Crippen molar-refractivity contribution in [3.05, 3.63) is 35.1 Å². The third-order valence-corrected chi connectivity index (χ3v) is 6.11. The molecule has 2 saturated carbocycles. The molecule has 0 spiro atoms. The van der Waals surface area contributed by atoms with Gasteiger partial charge in [-0.1, -0.05) is 36.0 Å². The number of anilines is 1. The zero-order valence-corrected chi connectivity index (χ0v) is 19.8. The second kappa shape index (κ2) is 10.5. The van der Waals surface area contributed by atoms with E-state index in [2.05, 4.69) is 25.6 Å². The summed E-state index contributed by atoms with van der Waals surface area (Å²) in [4.78, 5) is 8.46. The van der Waals surface area contributed by atoms with E-state index in [1.54, 1.807) is 6.92 Å². The van der Waals surface area contributed by atoms with Gasteiger partial charge in [-0.15, -0.1) is 5.10 Å². The van der Waals surface area contributed by atoms with Crippen molar-refractivity contribution in [1.29, 1.82) is 0 Å². The van der Waals surface area contributed by atoms with Gasteiger partial charge in [0.05, 0.1) is 37.6 Å². The van der Waals surface area contributed by atoms with Gasteiger partial charge < -0.3 is 25.4 Å². The first-order chi connectivity index (χ1) is 22.7. The normalized spacial score (nSPS) is 46.7. The summed E-state index contributed by atoms with van der Waals surface area (Å²) < 4.78 is 138. The van der Waals surface area contributed by atoms with E-state index in [0.717, 1.165) is 18.7 Å². The number of aliphatic hydroxyl groups excluding tert-OH is 1. The maximum Gasteiger partial charge on any atom is 0.191 e. The second-order valence-corrected chi connectivity index (χ2v) is 8.67. The van der Waals surface area contributed by atoms with Gasteiger partial charge in [0.25, 0.3) is 0 Å². The topological polar surface area (TPSA) is 138 Å². The molecule has 1 aromatic carbocycles. The van der Waals surface area contributed by atoms with Gasteiger partial charge >= 0.3 is 0 Å². The summed E-state index contributed by atoms with van der Waals surface area (Å²) in [6.07, 6.45) is -18.4. The van der Waals surface area contributed by atoms with Gasteiger partial charge in [-0.3, -0.25) is 0 Å². The number of hydrogen-bond donors (Lipinski definition) is 4. The Morgan fingerprint density at radius 2 is 2.19 bits per heavy atom. The van der Waals surface area contributed by atoms with Crippen molar-refractivity contribution in [3.63, 3.8) is 0 Å². The summed E-state index contributed by atoms with van der Waals surface area (Å²) in [6.45, 7) is -1.90. The minimum Gasteiger partial charge on any atom is -0.394 e. The SMILES string of the molecule is [2H]c1c([2H])c([C@@]2([2H])[C@H](Nc3nc(SCCC)nc4c3nnn4[C@]3([2H])C([2H])([2H])[C@]([2H])(OC([2H])([2H])CO)[C@@]([2H])(O)[C@@]3([2H])O)C2([2H])[2H])c([2H])c(F)c1C. The zero-order valence-electron chi connectivity index (χ0n) is 33.0. The summed E-state index contributed by atoms with van der Waals surface area (Å²) >= 11 is 0.971. The van der Waals surface area contributed by atoms with Gasteiger partial charge in [-0.2, -0.15) is 0 Å². The van der Waals surface area contributed by atoms with E-state index >= 15 is 0 Å². The summed E-state index contributed by atoms with van der Waals surface area (Å²) in [5.41, 5.74) is -2.28. The van der Waals surface area contributed by atoms with Crippen molar-refractivity contribution < 1.29 is 43.6 Å². The maximum atomic E-state index is 14.9. The fourth-order valence-electron chi connectivity index (χ4n) is 3.24. The first kappa shape index (κ1) is 13.4. The van der Waals surface area contributed by atoms with Crippen LogP contribution in [0.4, 0.5) is 10.2 Å². The Bertz CT molecular complexity index is 1860. The third-order valence-electron chi connectivity index (χ3n) is 5.06. The molecule has 2 aromatic heterocycles. The van der Waals surface area contributed by atoms with E-state index in [1.807, 2.05) is 0 Å². The number of ether oxygens (including phenoxy) is 1. The minimum atomic E-state index is -4.17. The molecule has 3 aromatic rings. The number of nitrogens with zero attached hydrogens (tertiary/aromatic N) is 5. The van der Waals surface area contributed by atoms with Crippen LogP contribution in [-0.2, 0) is 4.74 Å². The molecular weight excluding hydrogens is 487 g/mol. The number of fused-ring (bicyclic) bond motifs is 1. The number of nitrogens with one attached hydrogen (secondary N) is 1. The number of benzene rings is 1. The predicted molar refractivity (Wildman–Crippen MR) is 133 cm³/mol. The quantitative estimate of drug-likeness (QED) is 0.227. The lowest BCUT2D eigenvalue weighted by atomic mass is 10.1. The van der Waals surface area contributed by atoms with Crippen molar-refractivity contribution in [1.82, 2.24) is 25.0 Å². The van der Waals surface area contributed by atoms with E-state index in [4.69, 9.17) is 23.9 Å². The van der Waals surface area contributed by atoms with Crippen LogP contribution in [0.1, 0.15) is 68.3 Å². The fourth-order valence-corrected chi connectivity index (χ4v) is 3.93. The van der Waals surface area contributed by atoms with Crippen molar-refractivity contribution in [2.24, 2.45) is 0 Å². The third kappa shape index (κ3) is 4.92. The molecule has 12 heteroatoms. The molecule has 0 unspecified atom stereocenters. The van der Waals surface area contributed by atoms with E-state index in [9.17, 15) is 19.7 Å². The van der Waals surface area contributed by atoms with E-state index in [1.165, 1.54) is 0 Å². The second-order valence-electron chi connectivity index (χ2n) is 7.61. The predicted octanol–water partition coefficient (Wildman–Crippen LogP) is 2.18. The summed E-state index contributed by atoms with van der Waals surface area (Å²) in [7, 11) is 0. The molecule has 0 amide bonds. The smallest absolute Gasteiger partial charge is 0.191 e. The molecule has 5 rings (SSSR count). The molecule has 194 valence electrons. The molecule has 0 aliphatic heterocycles. The molecule has 4 N–H and O–H groups in total. The Hall–Kier alpha value is -2.38. The Kier molecular flexibility index (Phi) is 3.93. The Labute approximate surface area is 232 Å². The average Bonchev–Trinajstić information content (AvgIpc) is 3.27. The maximum absolute atomic E-state index is 14.9. The van der Waals surface area contributed by atoms with Crippen molar-refractivity contribution in [2.75, 3.05) is 24.2 Å². The standard InChI is InChI=1S/C24H31FN6O4S/c1-3-8-36-24-27-22(26-16-10-14(16)13-5-4-12(2)15(25)9-13)19-23(28-24)31(30-29-19)17-11-18(35-7-6-32)21(34)20(17)33/h4-5,9,14,16-18,20-21,32-34H,3,6-8,10-11H2,1-2H3,(H,26,27,28)/t14-,16+,17+,18-,20-,21+/m0/s1/i4D,5D,7D2,9D,10D2,11D2,14D,17D,18D,20D,21D. The van der Waals surface area contributed by atoms with Crippen LogP contribution >= 0.6 is 11.8 Å². The van der Waals surface area contributed by atoms with Crippen molar-refractivity contribution >= 4 is 28.7 Å². The highest BCUT2D eigenvalue weighted by atomic mass is 32.2. The van der Waals surface area contributed by atoms with Gasteiger partial charge in [0, 0.05) is 30.9 Å². The van der Waals surface area contributed by atoms with Crippen LogP contribution in [0.15, 0.2) is 23.3 Å². The monoisotopic (exact) mass is 532 g/mol. The average molecular weight is 533 g/mol. The number of halogens is 1. The minimum absolute atomic E-state index is 0.146. The number of thioether (sulfide) groups is 1. The number of aromatic nitrogens is 5. The number of rotatable bonds is 10. The molecule has 2 fully saturated rings. The van der Waals surface area contributed by atoms with Crippen LogP contribution in [0.5, 0.6) is 0 Å². The Morgan fingerprint density at radius 1 is 1.36 bits per heavy atom. The molecule has 36 heavy (non-hydrogen) atoms. The summed E-state index contributed by atoms with van der Waals surface area (Å²) in [6, 6.07) is -7.89. The molecule has 6 atom stereocenters. The van der Waals surface area contributed by atoms with Crippen molar-refractivity contribution in [2.45, 2.75) is 74.4 Å². The molecule has 2 aliphatic carbocycles. The van der Waals surface area contributed by atoms with Crippen LogP contribution in [0.3, 0.4) is 0 Å². The molecule has 0 radical (unpaired) electrons. The highest BCUT2D eigenvalue weighted by Gasteiger charge is 2.45.